The molecule has 0 aliphatic heterocycles. The molecule has 0 unspecified atom stereocenters. The summed E-state index contributed by atoms with van der Waals surface area (Å²) in [4.78, 5) is 25.3. The predicted octanol–water partition coefficient (Wildman–Crippen LogP) is 3.30. The van der Waals surface area contributed by atoms with E-state index in [1.807, 2.05) is 35.8 Å². The summed E-state index contributed by atoms with van der Waals surface area (Å²) in [6.45, 7) is 3.36. The zero-order valence-electron chi connectivity index (χ0n) is 17.2. The molecule has 2 aromatic carbocycles. The van der Waals surface area contributed by atoms with Gasteiger partial charge in [0, 0.05) is 31.0 Å². The molecule has 1 heterocycles. The van der Waals surface area contributed by atoms with Crippen molar-refractivity contribution < 1.29 is 14.3 Å². The molecule has 0 bridgehead atoms. The molecule has 9 heteroatoms. The van der Waals surface area contributed by atoms with Gasteiger partial charge in [0.25, 0.3) is 0 Å². The van der Waals surface area contributed by atoms with E-state index in [4.69, 9.17) is 4.74 Å². The van der Waals surface area contributed by atoms with Crippen molar-refractivity contribution in [1.29, 1.82) is 0 Å². The molecule has 0 saturated carbocycles. The summed E-state index contributed by atoms with van der Waals surface area (Å²) >= 11 is 1.31. The van der Waals surface area contributed by atoms with E-state index in [0.717, 1.165) is 22.9 Å². The van der Waals surface area contributed by atoms with Crippen molar-refractivity contribution >= 4 is 35.0 Å². The molecule has 1 N–H and O–H groups in total. The van der Waals surface area contributed by atoms with E-state index in [1.165, 1.54) is 23.6 Å². The van der Waals surface area contributed by atoms with Gasteiger partial charge in [-0.2, -0.15) is 0 Å². The molecule has 3 aromatic rings. The number of rotatable bonds is 7. The highest BCUT2D eigenvalue weighted by atomic mass is 32.2. The molecule has 30 heavy (non-hydrogen) atoms. The fourth-order valence-corrected chi connectivity index (χ4v) is 3.54. The number of aromatic nitrogens is 3. The SMILES string of the molecule is COc1ccc(-n2c(C)nnc2SCC(=O)Nc2ccc(N(C)C(C)=O)cc2)cc1. The molecule has 1 aromatic heterocycles. The summed E-state index contributed by atoms with van der Waals surface area (Å²) in [5.74, 6) is 1.46. The number of benzene rings is 2. The van der Waals surface area contributed by atoms with Crippen molar-refractivity contribution in [3.8, 4) is 11.4 Å². The van der Waals surface area contributed by atoms with Crippen LogP contribution in [0.1, 0.15) is 12.7 Å². The first kappa shape index (κ1) is 21.4. The maximum atomic E-state index is 12.4. The molecule has 0 aliphatic rings. The molecule has 2 amide bonds. The number of nitrogens with zero attached hydrogens (tertiary/aromatic N) is 4. The van der Waals surface area contributed by atoms with Crippen LogP contribution in [0, 0.1) is 6.92 Å². The number of aryl methyl sites for hydroxylation is 1. The fourth-order valence-electron chi connectivity index (χ4n) is 2.74. The number of anilines is 2. The predicted molar refractivity (Wildman–Crippen MR) is 118 cm³/mol. The van der Waals surface area contributed by atoms with Gasteiger partial charge >= 0.3 is 0 Å². The van der Waals surface area contributed by atoms with E-state index in [9.17, 15) is 9.59 Å². The average Bonchev–Trinajstić information content (AvgIpc) is 3.12. The van der Waals surface area contributed by atoms with Crippen molar-refractivity contribution in [2.45, 2.75) is 19.0 Å². The maximum Gasteiger partial charge on any atom is 0.234 e. The van der Waals surface area contributed by atoms with E-state index in [-0.39, 0.29) is 17.6 Å². The second-order valence-corrected chi connectivity index (χ2v) is 7.47. The van der Waals surface area contributed by atoms with Gasteiger partial charge in [0.15, 0.2) is 5.16 Å². The van der Waals surface area contributed by atoms with Crippen molar-refractivity contribution in [2.75, 3.05) is 30.1 Å². The minimum atomic E-state index is -0.158. The summed E-state index contributed by atoms with van der Waals surface area (Å²) in [6, 6.07) is 14.7. The van der Waals surface area contributed by atoms with Crippen molar-refractivity contribution in [3.63, 3.8) is 0 Å². The Morgan fingerprint density at radius 3 is 2.37 bits per heavy atom. The van der Waals surface area contributed by atoms with Gasteiger partial charge in [-0.25, -0.2) is 0 Å². The first-order chi connectivity index (χ1) is 14.4. The number of amides is 2. The third kappa shape index (κ3) is 4.98. The third-order valence-electron chi connectivity index (χ3n) is 4.47. The van der Waals surface area contributed by atoms with Gasteiger partial charge in [-0.1, -0.05) is 11.8 Å². The monoisotopic (exact) mass is 425 g/mol. The highest BCUT2D eigenvalue weighted by Crippen LogP contribution is 2.24. The van der Waals surface area contributed by atoms with Crippen LogP contribution in [0.15, 0.2) is 53.7 Å². The smallest absolute Gasteiger partial charge is 0.234 e. The molecule has 156 valence electrons. The van der Waals surface area contributed by atoms with Crippen molar-refractivity contribution in [3.05, 3.63) is 54.4 Å². The lowest BCUT2D eigenvalue weighted by molar-refractivity contribution is -0.116. The van der Waals surface area contributed by atoms with Gasteiger partial charge in [-0.05, 0) is 55.5 Å². The molecule has 0 fully saturated rings. The Hall–Kier alpha value is -3.33. The lowest BCUT2D eigenvalue weighted by Gasteiger charge is -2.15. The van der Waals surface area contributed by atoms with Crippen LogP contribution in [0.25, 0.3) is 5.69 Å². The Morgan fingerprint density at radius 2 is 1.77 bits per heavy atom. The van der Waals surface area contributed by atoms with Gasteiger partial charge in [-0.15, -0.1) is 10.2 Å². The summed E-state index contributed by atoms with van der Waals surface area (Å²) in [5.41, 5.74) is 2.32. The van der Waals surface area contributed by atoms with E-state index in [0.29, 0.717) is 10.8 Å². The van der Waals surface area contributed by atoms with E-state index < -0.39 is 0 Å². The lowest BCUT2D eigenvalue weighted by Crippen LogP contribution is -2.22. The van der Waals surface area contributed by atoms with Gasteiger partial charge < -0.3 is 15.0 Å². The number of hydrogen-bond donors (Lipinski definition) is 1. The van der Waals surface area contributed by atoms with Crippen molar-refractivity contribution in [2.24, 2.45) is 0 Å². The largest absolute Gasteiger partial charge is 0.497 e. The minimum Gasteiger partial charge on any atom is -0.497 e. The van der Waals surface area contributed by atoms with Crippen LogP contribution < -0.4 is 15.0 Å². The minimum absolute atomic E-state index is 0.0561. The highest BCUT2D eigenvalue weighted by Gasteiger charge is 2.14. The Labute approximate surface area is 179 Å². The summed E-state index contributed by atoms with van der Waals surface area (Å²) in [6.07, 6.45) is 0. The second-order valence-electron chi connectivity index (χ2n) is 6.52. The first-order valence-electron chi connectivity index (χ1n) is 9.22. The van der Waals surface area contributed by atoms with Gasteiger partial charge in [0.1, 0.15) is 11.6 Å². The number of thioether (sulfide) groups is 1. The Bertz CT molecular complexity index is 1030. The van der Waals surface area contributed by atoms with Crippen LogP contribution in [0.3, 0.4) is 0 Å². The van der Waals surface area contributed by atoms with Gasteiger partial charge in [0.2, 0.25) is 11.8 Å². The van der Waals surface area contributed by atoms with E-state index in [1.54, 1.807) is 38.4 Å². The van der Waals surface area contributed by atoms with Crippen LogP contribution in [0.2, 0.25) is 0 Å². The first-order valence-corrected chi connectivity index (χ1v) is 10.2. The van der Waals surface area contributed by atoms with E-state index >= 15 is 0 Å². The van der Waals surface area contributed by atoms with Gasteiger partial charge in [-0.3, -0.25) is 14.2 Å². The molecular formula is C21H23N5O3S. The Balaban J connectivity index is 1.63. The lowest BCUT2D eigenvalue weighted by atomic mass is 10.2. The third-order valence-corrected chi connectivity index (χ3v) is 5.40. The van der Waals surface area contributed by atoms with Gasteiger partial charge in [0.05, 0.1) is 12.9 Å². The quantitative estimate of drug-likeness (QED) is 0.584. The maximum absolute atomic E-state index is 12.4. The normalized spacial score (nSPS) is 10.5. The van der Waals surface area contributed by atoms with E-state index in [2.05, 4.69) is 15.5 Å². The molecule has 0 atom stereocenters. The Morgan fingerprint density at radius 1 is 1.10 bits per heavy atom. The number of ether oxygens (including phenoxy) is 1. The van der Waals surface area contributed by atoms with Crippen LogP contribution in [0.5, 0.6) is 5.75 Å². The molecule has 0 spiro atoms. The van der Waals surface area contributed by atoms with Crippen LogP contribution in [0.4, 0.5) is 11.4 Å². The summed E-state index contributed by atoms with van der Waals surface area (Å²) in [7, 11) is 3.32. The number of carbonyl (C=O) groups excluding carboxylic acids is 2. The zero-order chi connectivity index (χ0) is 21.7. The number of methoxy groups -OCH3 is 1. The summed E-state index contributed by atoms with van der Waals surface area (Å²) < 4.78 is 7.09. The molecule has 0 saturated heterocycles. The van der Waals surface area contributed by atoms with Crippen LogP contribution >= 0.6 is 11.8 Å². The molecule has 0 radical (unpaired) electrons. The van der Waals surface area contributed by atoms with Crippen LogP contribution in [-0.2, 0) is 9.59 Å². The Kier molecular flexibility index (Phi) is 6.73. The number of nitrogens with one attached hydrogen (secondary N) is 1. The zero-order valence-corrected chi connectivity index (χ0v) is 18.1. The molecule has 8 nitrogen and oxygen atoms in total. The molecule has 0 aliphatic carbocycles. The second kappa shape index (κ2) is 9.45. The summed E-state index contributed by atoms with van der Waals surface area (Å²) in [5, 5.41) is 11.8. The van der Waals surface area contributed by atoms with Crippen molar-refractivity contribution in [1.82, 2.24) is 14.8 Å². The number of hydrogen-bond acceptors (Lipinski definition) is 6. The topological polar surface area (TPSA) is 89.3 Å². The fraction of sp³-hybridized carbons (Fsp3) is 0.238. The average molecular weight is 426 g/mol. The number of carbonyl (C=O) groups is 2. The highest BCUT2D eigenvalue weighted by molar-refractivity contribution is 7.99. The molecule has 3 rings (SSSR count). The standard InChI is InChI=1S/C21H23N5O3S/c1-14-23-24-21(26(14)18-9-11-19(29-4)12-10-18)30-13-20(28)22-16-5-7-17(8-6-16)25(3)15(2)27/h5-12H,13H2,1-4H3,(H,22,28). The molecular weight excluding hydrogens is 402 g/mol. The van der Waals surface area contributed by atoms with Crippen LogP contribution in [-0.4, -0.2) is 46.5 Å².